The van der Waals surface area contributed by atoms with Crippen molar-refractivity contribution in [3.05, 3.63) is 16.7 Å². The number of nitrogens with one attached hydrogen (secondary N) is 1. The van der Waals surface area contributed by atoms with Crippen LogP contribution in [-0.4, -0.2) is 24.5 Å². The minimum atomic E-state index is -0.0605. The summed E-state index contributed by atoms with van der Waals surface area (Å²) in [4.78, 5) is 0. The van der Waals surface area contributed by atoms with Crippen LogP contribution in [0.3, 0.4) is 0 Å². The summed E-state index contributed by atoms with van der Waals surface area (Å²) in [6.45, 7) is 0.0265. The Morgan fingerprint density at radius 2 is 2.07 bits per heavy atom. The molecule has 0 atom stereocenters. The van der Waals surface area contributed by atoms with Crippen LogP contribution in [0.1, 0.15) is 5.56 Å². The van der Waals surface area contributed by atoms with E-state index in [4.69, 9.17) is 26.3 Å². The number of ether oxygens (including phenoxy) is 2. The first-order chi connectivity index (χ1) is 7.15. The molecule has 5 nitrogen and oxygen atoms in total. The number of methoxy groups -OCH3 is 2. The van der Waals surface area contributed by atoms with Crippen LogP contribution in [-0.2, 0) is 6.54 Å². The first-order valence-electron chi connectivity index (χ1n) is 4.15. The molecule has 0 unspecified atom stereocenters. The zero-order valence-corrected chi connectivity index (χ0v) is 9.13. The fourth-order valence-corrected chi connectivity index (χ4v) is 1.57. The maximum Gasteiger partial charge on any atom is 0.149 e. The van der Waals surface area contributed by atoms with Crippen molar-refractivity contribution in [2.24, 2.45) is 0 Å². The SMILES string of the molecule is COc1cc(O)c(CNO)c(OC)c1Cl. The van der Waals surface area contributed by atoms with E-state index < -0.39 is 0 Å². The molecule has 0 saturated heterocycles. The molecule has 0 aliphatic rings. The van der Waals surface area contributed by atoms with Gasteiger partial charge in [-0.25, -0.2) is 5.48 Å². The third kappa shape index (κ3) is 2.26. The number of hydrogen-bond acceptors (Lipinski definition) is 5. The van der Waals surface area contributed by atoms with Crippen molar-refractivity contribution in [1.82, 2.24) is 5.48 Å². The maximum atomic E-state index is 9.62. The lowest BCUT2D eigenvalue weighted by Crippen LogP contribution is -2.08. The van der Waals surface area contributed by atoms with E-state index in [1.165, 1.54) is 20.3 Å². The molecule has 1 aromatic rings. The highest BCUT2D eigenvalue weighted by atomic mass is 35.5. The van der Waals surface area contributed by atoms with E-state index in [1.807, 2.05) is 5.48 Å². The van der Waals surface area contributed by atoms with Crippen molar-refractivity contribution in [3.63, 3.8) is 0 Å². The highest BCUT2D eigenvalue weighted by molar-refractivity contribution is 6.33. The lowest BCUT2D eigenvalue weighted by atomic mass is 10.1. The molecule has 84 valence electrons. The average Bonchev–Trinajstić information content (AvgIpc) is 2.23. The molecule has 0 fully saturated rings. The molecule has 0 aliphatic carbocycles. The van der Waals surface area contributed by atoms with Crippen molar-refractivity contribution >= 4 is 11.6 Å². The number of halogens is 1. The molecule has 1 rings (SSSR count). The van der Waals surface area contributed by atoms with Gasteiger partial charge in [-0.05, 0) is 0 Å². The van der Waals surface area contributed by atoms with Crippen molar-refractivity contribution < 1.29 is 19.8 Å². The van der Waals surface area contributed by atoms with E-state index in [1.54, 1.807) is 0 Å². The number of phenols is 1. The van der Waals surface area contributed by atoms with Gasteiger partial charge in [-0.3, -0.25) is 0 Å². The summed E-state index contributed by atoms with van der Waals surface area (Å²) in [6.07, 6.45) is 0. The number of rotatable bonds is 4. The molecule has 0 spiro atoms. The summed E-state index contributed by atoms with van der Waals surface area (Å²) >= 11 is 5.95. The number of hydrogen-bond donors (Lipinski definition) is 3. The van der Waals surface area contributed by atoms with Crippen molar-refractivity contribution in [2.75, 3.05) is 14.2 Å². The largest absolute Gasteiger partial charge is 0.507 e. The summed E-state index contributed by atoms with van der Waals surface area (Å²) in [5.41, 5.74) is 2.29. The van der Waals surface area contributed by atoms with Gasteiger partial charge < -0.3 is 19.8 Å². The zero-order chi connectivity index (χ0) is 11.4. The van der Waals surface area contributed by atoms with Gasteiger partial charge in [0.05, 0.1) is 26.3 Å². The smallest absolute Gasteiger partial charge is 0.149 e. The second kappa shape index (κ2) is 5.06. The lowest BCUT2D eigenvalue weighted by Gasteiger charge is -2.14. The molecule has 0 heterocycles. The highest BCUT2D eigenvalue weighted by Crippen LogP contribution is 2.41. The predicted octanol–water partition coefficient (Wildman–Crippen LogP) is 1.54. The Morgan fingerprint density at radius 3 is 2.53 bits per heavy atom. The van der Waals surface area contributed by atoms with Crippen LogP contribution in [0.4, 0.5) is 0 Å². The molecule has 0 bridgehead atoms. The van der Waals surface area contributed by atoms with Crippen LogP contribution >= 0.6 is 11.6 Å². The van der Waals surface area contributed by atoms with E-state index in [0.29, 0.717) is 11.3 Å². The molecule has 6 heteroatoms. The fraction of sp³-hybridized carbons (Fsp3) is 0.333. The second-order valence-corrected chi connectivity index (χ2v) is 3.14. The van der Waals surface area contributed by atoms with Gasteiger partial charge >= 0.3 is 0 Å². The van der Waals surface area contributed by atoms with E-state index in [2.05, 4.69) is 0 Å². The maximum absolute atomic E-state index is 9.62. The predicted molar refractivity (Wildman–Crippen MR) is 54.8 cm³/mol. The van der Waals surface area contributed by atoms with Crippen LogP contribution < -0.4 is 15.0 Å². The fourth-order valence-electron chi connectivity index (χ4n) is 1.25. The van der Waals surface area contributed by atoms with E-state index >= 15 is 0 Å². The van der Waals surface area contributed by atoms with Gasteiger partial charge in [0.15, 0.2) is 0 Å². The van der Waals surface area contributed by atoms with Gasteiger partial charge in [0.1, 0.15) is 22.3 Å². The quantitative estimate of drug-likeness (QED) is 0.689. The molecular formula is C9H12ClNO4. The molecule has 0 amide bonds. The van der Waals surface area contributed by atoms with Crippen LogP contribution in [0.15, 0.2) is 6.07 Å². The molecular weight excluding hydrogens is 222 g/mol. The molecule has 0 aliphatic heterocycles. The molecule has 3 N–H and O–H groups in total. The van der Waals surface area contributed by atoms with Crippen molar-refractivity contribution in [2.45, 2.75) is 6.54 Å². The van der Waals surface area contributed by atoms with Crippen LogP contribution in [0.25, 0.3) is 0 Å². The normalized spacial score (nSPS) is 10.1. The summed E-state index contributed by atoms with van der Waals surface area (Å²) < 4.78 is 9.98. The topological polar surface area (TPSA) is 71.0 Å². The van der Waals surface area contributed by atoms with Gasteiger partial charge in [-0.1, -0.05) is 11.6 Å². The van der Waals surface area contributed by atoms with Crippen molar-refractivity contribution in [1.29, 1.82) is 0 Å². The Labute approximate surface area is 92.1 Å². The van der Waals surface area contributed by atoms with E-state index in [0.717, 1.165) is 0 Å². The zero-order valence-electron chi connectivity index (χ0n) is 8.37. The lowest BCUT2D eigenvalue weighted by molar-refractivity contribution is 0.159. The van der Waals surface area contributed by atoms with Gasteiger partial charge in [-0.2, -0.15) is 0 Å². The third-order valence-electron chi connectivity index (χ3n) is 1.95. The van der Waals surface area contributed by atoms with Crippen LogP contribution in [0.2, 0.25) is 5.02 Å². The summed E-state index contributed by atoms with van der Waals surface area (Å²) in [5.74, 6) is 0.525. The number of aromatic hydroxyl groups is 1. The Bertz CT molecular complexity index is 356. The van der Waals surface area contributed by atoms with Gasteiger partial charge in [-0.15, -0.1) is 0 Å². The van der Waals surface area contributed by atoms with Gasteiger partial charge in [0.2, 0.25) is 0 Å². The van der Waals surface area contributed by atoms with Gasteiger partial charge in [0.25, 0.3) is 0 Å². The summed E-state index contributed by atoms with van der Waals surface area (Å²) in [7, 11) is 2.85. The Kier molecular flexibility index (Phi) is 4.02. The van der Waals surface area contributed by atoms with E-state index in [-0.39, 0.29) is 23.1 Å². The number of hydroxylamine groups is 1. The first-order valence-corrected chi connectivity index (χ1v) is 4.52. The Hall–Kier alpha value is -1.17. The van der Waals surface area contributed by atoms with E-state index in [9.17, 15) is 5.11 Å². The standard InChI is InChI=1S/C9H12ClNO4/c1-14-7-3-6(12)5(4-11-13)9(15-2)8(7)10/h3,11-13H,4H2,1-2H3. The van der Waals surface area contributed by atoms with Gasteiger partial charge in [0, 0.05) is 6.07 Å². The van der Waals surface area contributed by atoms with Crippen molar-refractivity contribution in [3.8, 4) is 17.2 Å². The Balaban J connectivity index is 3.32. The molecule has 1 aromatic carbocycles. The minimum absolute atomic E-state index is 0.0265. The summed E-state index contributed by atoms with van der Waals surface area (Å²) in [6, 6.07) is 1.36. The molecule has 0 radical (unpaired) electrons. The van der Waals surface area contributed by atoms with Crippen LogP contribution in [0, 0.1) is 0 Å². The third-order valence-corrected chi connectivity index (χ3v) is 2.30. The summed E-state index contributed by atoms with van der Waals surface area (Å²) in [5, 5.41) is 18.5. The highest BCUT2D eigenvalue weighted by Gasteiger charge is 2.17. The number of benzene rings is 1. The number of phenolic OH excluding ortho intramolecular Hbond substituents is 1. The van der Waals surface area contributed by atoms with Crippen LogP contribution in [0.5, 0.6) is 17.2 Å². The second-order valence-electron chi connectivity index (χ2n) is 2.76. The molecule has 0 saturated carbocycles. The monoisotopic (exact) mass is 233 g/mol. The average molecular weight is 234 g/mol. The molecule has 0 aromatic heterocycles. The minimum Gasteiger partial charge on any atom is -0.507 e. The Morgan fingerprint density at radius 1 is 1.40 bits per heavy atom. The first kappa shape index (κ1) is 11.9. The molecule has 15 heavy (non-hydrogen) atoms.